The summed E-state index contributed by atoms with van der Waals surface area (Å²) in [7, 11) is 0. The zero-order valence-corrected chi connectivity index (χ0v) is 14.1. The van der Waals surface area contributed by atoms with Gasteiger partial charge in [0, 0.05) is 24.2 Å². The van der Waals surface area contributed by atoms with Gasteiger partial charge in [-0.2, -0.15) is 0 Å². The van der Waals surface area contributed by atoms with Gasteiger partial charge in [0.2, 0.25) is 0 Å². The molecule has 1 N–H and O–H groups in total. The van der Waals surface area contributed by atoms with Gasteiger partial charge >= 0.3 is 6.09 Å². The molecule has 0 radical (unpaired) electrons. The molecule has 0 aliphatic carbocycles. The fourth-order valence-corrected chi connectivity index (χ4v) is 2.80. The second-order valence-electron chi connectivity index (χ2n) is 6.99. The van der Waals surface area contributed by atoms with Crippen LogP contribution in [0.15, 0.2) is 23.0 Å². The minimum Gasteiger partial charge on any atom is -0.472 e. The Labute approximate surface area is 133 Å². The van der Waals surface area contributed by atoms with Crippen molar-refractivity contribution in [3.8, 4) is 0 Å². The Balaban J connectivity index is 1.78. The molecule has 1 fully saturated rings. The number of furan rings is 1. The van der Waals surface area contributed by atoms with Gasteiger partial charge in [-0.1, -0.05) is 0 Å². The van der Waals surface area contributed by atoms with E-state index in [2.05, 4.69) is 12.2 Å². The van der Waals surface area contributed by atoms with Gasteiger partial charge in [0.1, 0.15) is 5.60 Å². The number of nitrogens with zero attached hydrogens (tertiary/aromatic N) is 1. The smallest absolute Gasteiger partial charge is 0.410 e. The molecule has 2 rings (SSSR count). The third-order valence-corrected chi connectivity index (χ3v) is 3.98. The van der Waals surface area contributed by atoms with Gasteiger partial charge in [0.15, 0.2) is 0 Å². The van der Waals surface area contributed by atoms with Crippen LogP contribution in [0.3, 0.4) is 0 Å². The van der Waals surface area contributed by atoms with Gasteiger partial charge in [-0.25, -0.2) is 4.79 Å². The van der Waals surface area contributed by atoms with Gasteiger partial charge in [0.25, 0.3) is 0 Å². The maximum Gasteiger partial charge on any atom is 0.410 e. The molecule has 1 aliphatic rings. The number of amides is 1. The Bertz CT molecular complexity index is 465. The van der Waals surface area contributed by atoms with E-state index < -0.39 is 5.60 Å². The first-order valence-electron chi connectivity index (χ1n) is 8.12. The normalized spacial score (nSPS) is 20.2. The van der Waals surface area contributed by atoms with Crippen LogP contribution in [0.4, 0.5) is 4.79 Å². The van der Waals surface area contributed by atoms with Crippen LogP contribution in [-0.2, 0) is 4.74 Å². The van der Waals surface area contributed by atoms with E-state index in [0.29, 0.717) is 0 Å². The summed E-state index contributed by atoms with van der Waals surface area (Å²) in [5, 5.41) is 3.48. The number of carbonyl (C=O) groups excluding carboxylic acids is 1. The van der Waals surface area contributed by atoms with Crippen LogP contribution in [0, 0.1) is 0 Å². The van der Waals surface area contributed by atoms with Crippen molar-refractivity contribution in [1.82, 2.24) is 10.2 Å². The van der Waals surface area contributed by atoms with Gasteiger partial charge in [0.05, 0.1) is 12.5 Å². The Morgan fingerprint density at radius 2 is 2.32 bits per heavy atom. The van der Waals surface area contributed by atoms with Crippen LogP contribution in [0.1, 0.15) is 58.6 Å². The molecule has 0 aromatic carbocycles. The van der Waals surface area contributed by atoms with Crippen molar-refractivity contribution in [3.63, 3.8) is 0 Å². The summed E-state index contributed by atoms with van der Waals surface area (Å²) >= 11 is 0. The van der Waals surface area contributed by atoms with E-state index >= 15 is 0 Å². The molecular weight excluding hydrogens is 280 g/mol. The van der Waals surface area contributed by atoms with E-state index in [1.165, 1.54) is 0 Å². The molecule has 1 amide bonds. The van der Waals surface area contributed by atoms with Crippen molar-refractivity contribution >= 4 is 6.09 Å². The van der Waals surface area contributed by atoms with E-state index in [1.54, 1.807) is 12.5 Å². The minimum absolute atomic E-state index is 0.183. The molecule has 0 saturated carbocycles. The van der Waals surface area contributed by atoms with Crippen LogP contribution >= 0.6 is 0 Å². The summed E-state index contributed by atoms with van der Waals surface area (Å²) in [4.78, 5) is 14.1. The van der Waals surface area contributed by atoms with Gasteiger partial charge < -0.3 is 19.4 Å². The molecule has 1 aliphatic heterocycles. The Morgan fingerprint density at radius 1 is 1.55 bits per heavy atom. The molecule has 2 atom stereocenters. The highest BCUT2D eigenvalue weighted by atomic mass is 16.6. The number of hydrogen-bond acceptors (Lipinski definition) is 4. The van der Waals surface area contributed by atoms with E-state index in [1.807, 2.05) is 31.7 Å². The quantitative estimate of drug-likeness (QED) is 0.900. The lowest BCUT2D eigenvalue weighted by molar-refractivity contribution is 0.0220. The number of nitrogens with one attached hydrogen (secondary N) is 1. The number of hydrogen-bond donors (Lipinski definition) is 1. The topological polar surface area (TPSA) is 54.7 Å². The average Bonchev–Trinajstić information content (AvgIpc) is 3.08. The van der Waals surface area contributed by atoms with Crippen molar-refractivity contribution in [3.05, 3.63) is 24.2 Å². The summed E-state index contributed by atoms with van der Waals surface area (Å²) < 4.78 is 10.6. The SMILES string of the molecule is CC(NCCC1CCCN1C(=O)OC(C)(C)C)c1ccoc1. The van der Waals surface area contributed by atoms with Gasteiger partial charge in [-0.3, -0.25) is 0 Å². The van der Waals surface area contributed by atoms with E-state index in [-0.39, 0.29) is 18.2 Å². The summed E-state index contributed by atoms with van der Waals surface area (Å²) in [6.45, 7) is 9.51. The lowest BCUT2D eigenvalue weighted by Crippen LogP contribution is -2.41. The third kappa shape index (κ3) is 4.77. The number of carbonyl (C=O) groups is 1. The second kappa shape index (κ2) is 7.18. The molecule has 2 unspecified atom stereocenters. The highest BCUT2D eigenvalue weighted by Crippen LogP contribution is 2.23. The highest BCUT2D eigenvalue weighted by Gasteiger charge is 2.31. The molecule has 124 valence electrons. The van der Waals surface area contributed by atoms with E-state index in [4.69, 9.17) is 9.15 Å². The van der Waals surface area contributed by atoms with Crippen LogP contribution in [0.25, 0.3) is 0 Å². The number of rotatable bonds is 5. The fourth-order valence-electron chi connectivity index (χ4n) is 2.80. The lowest BCUT2D eigenvalue weighted by Gasteiger charge is -2.29. The molecule has 5 heteroatoms. The van der Waals surface area contributed by atoms with E-state index in [9.17, 15) is 4.79 Å². The first-order valence-corrected chi connectivity index (χ1v) is 8.12. The van der Waals surface area contributed by atoms with Gasteiger partial charge in [-0.15, -0.1) is 0 Å². The molecule has 1 saturated heterocycles. The number of likely N-dealkylation sites (tertiary alicyclic amines) is 1. The molecule has 22 heavy (non-hydrogen) atoms. The Morgan fingerprint density at radius 3 is 2.95 bits per heavy atom. The molecule has 0 bridgehead atoms. The standard InChI is InChI=1S/C17H28N2O3/c1-13(14-8-11-21-12-14)18-9-7-15-6-5-10-19(15)16(20)22-17(2,3)4/h8,11-13,15,18H,5-7,9-10H2,1-4H3. The lowest BCUT2D eigenvalue weighted by atomic mass is 10.1. The van der Waals surface area contributed by atoms with Crippen LogP contribution < -0.4 is 5.32 Å². The molecule has 1 aromatic rings. The zero-order valence-electron chi connectivity index (χ0n) is 14.1. The molecule has 2 heterocycles. The Hall–Kier alpha value is -1.49. The van der Waals surface area contributed by atoms with Crippen molar-refractivity contribution in [2.45, 2.75) is 64.6 Å². The van der Waals surface area contributed by atoms with Gasteiger partial charge in [-0.05, 0) is 59.6 Å². The van der Waals surface area contributed by atoms with Crippen LogP contribution in [-0.4, -0.2) is 35.7 Å². The fraction of sp³-hybridized carbons (Fsp3) is 0.706. The second-order valence-corrected chi connectivity index (χ2v) is 6.99. The van der Waals surface area contributed by atoms with Crippen molar-refractivity contribution in [1.29, 1.82) is 0 Å². The predicted molar refractivity (Wildman–Crippen MR) is 85.7 cm³/mol. The maximum atomic E-state index is 12.2. The third-order valence-electron chi connectivity index (χ3n) is 3.98. The molecular formula is C17H28N2O3. The van der Waals surface area contributed by atoms with Crippen molar-refractivity contribution in [2.24, 2.45) is 0 Å². The zero-order chi connectivity index (χ0) is 16.2. The van der Waals surface area contributed by atoms with Crippen LogP contribution in [0.2, 0.25) is 0 Å². The summed E-state index contributed by atoms with van der Waals surface area (Å²) in [6.07, 6.45) is 6.33. The minimum atomic E-state index is -0.432. The summed E-state index contributed by atoms with van der Waals surface area (Å²) in [5.41, 5.74) is 0.716. The first-order chi connectivity index (χ1) is 10.4. The summed E-state index contributed by atoms with van der Waals surface area (Å²) in [6, 6.07) is 2.51. The maximum absolute atomic E-state index is 12.2. The Kier molecular flexibility index (Phi) is 5.51. The number of ether oxygens (including phenoxy) is 1. The van der Waals surface area contributed by atoms with Crippen molar-refractivity contribution in [2.75, 3.05) is 13.1 Å². The molecule has 0 spiro atoms. The van der Waals surface area contributed by atoms with Crippen LogP contribution in [0.5, 0.6) is 0 Å². The van der Waals surface area contributed by atoms with Crippen molar-refractivity contribution < 1.29 is 13.9 Å². The average molecular weight is 308 g/mol. The predicted octanol–water partition coefficient (Wildman–Crippen LogP) is 3.72. The first kappa shape index (κ1) is 16.9. The van der Waals surface area contributed by atoms with E-state index in [0.717, 1.165) is 37.9 Å². The largest absolute Gasteiger partial charge is 0.472 e. The molecule has 1 aromatic heterocycles. The highest BCUT2D eigenvalue weighted by molar-refractivity contribution is 5.68. The molecule has 5 nitrogen and oxygen atoms in total. The summed E-state index contributed by atoms with van der Waals surface area (Å²) in [5.74, 6) is 0. The monoisotopic (exact) mass is 308 g/mol.